The number of fused-ring (bicyclic) bond motifs is 1. The minimum absolute atomic E-state index is 0.0515. The van der Waals surface area contributed by atoms with Crippen LogP contribution in [-0.2, 0) is 9.59 Å². The molecule has 28 heavy (non-hydrogen) atoms. The molecule has 1 heterocycles. The van der Waals surface area contributed by atoms with Crippen LogP contribution in [0, 0.1) is 0 Å². The number of nitrogens with one attached hydrogen (secondary N) is 1. The van der Waals surface area contributed by atoms with Crippen LogP contribution >= 0.6 is 11.6 Å². The number of carboxylic acid groups (broad SMARTS) is 1. The molecule has 0 bridgehead atoms. The van der Waals surface area contributed by atoms with Crippen molar-refractivity contribution in [2.75, 3.05) is 13.1 Å². The van der Waals surface area contributed by atoms with E-state index in [-0.39, 0.29) is 24.1 Å². The molecule has 0 saturated heterocycles. The van der Waals surface area contributed by atoms with Gasteiger partial charge < -0.3 is 10.4 Å². The maximum absolute atomic E-state index is 12.3. The summed E-state index contributed by atoms with van der Waals surface area (Å²) in [5.41, 5.74) is 1.25. The van der Waals surface area contributed by atoms with Crippen molar-refractivity contribution in [2.45, 2.75) is 12.3 Å². The molecule has 1 unspecified atom stereocenters. The second-order valence-electron chi connectivity index (χ2n) is 6.39. The molecule has 0 aromatic heterocycles. The Morgan fingerprint density at radius 2 is 1.57 bits per heavy atom. The monoisotopic (exact) mass is 400 g/mol. The van der Waals surface area contributed by atoms with Crippen molar-refractivity contribution >= 4 is 35.3 Å². The number of hydrogen-bond acceptors (Lipinski definition) is 4. The number of rotatable bonds is 7. The Kier molecular flexibility index (Phi) is 5.75. The fraction of sp³-hybridized carbons (Fsp3) is 0.200. The number of benzene rings is 2. The molecule has 144 valence electrons. The molecule has 2 aromatic rings. The number of hydrogen-bond donors (Lipinski definition) is 2. The van der Waals surface area contributed by atoms with Gasteiger partial charge in [0.2, 0.25) is 5.91 Å². The second kappa shape index (κ2) is 8.22. The smallest absolute Gasteiger partial charge is 0.304 e. The van der Waals surface area contributed by atoms with E-state index in [0.717, 1.165) is 4.90 Å². The van der Waals surface area contributed by atoms with Gasteiger partial charge in [-0.3, -0.25) is 24.1 Å². The molecule has 1 atom stereocenters. The Balaban J connectivity index is 1.64. The maximum atomic E-state index is 12.3. The lowest BCUT2D eigenvalue weighted by Gasteiger charge is -2.18. The van der Waals surface area contributed by atoms with Crippen LogP contribution < -0.4 is 5.32 Å². The van der Waals surface area contributed by atoms with Gasteiger partial charge in [-0.05, 0) is 29.8 Å². The van der Waals surface area contributed by atoms with Crippen LogP contribution in [0.4, 0.5) is 0 Å². The molecule has 0 spiro atoms. The standard InChI is InChI=1S/C20H17ClN2O5/c21-14-7-5-12(6-8-14)13(9-18(25)26)10-22-17(24)11-23-19(27)15-3-1-2-4-16(15)20(23)28/h1-8,13H,9-11H2,(H,22,24)(H,25,26). The minimum Gasteiger partial charge on any atom is -0.481 e. The molecule has 0 radical (unpaired) electrons. The summed E-state index contributed by atoms with van der Waals surface area (Å²) in [6, 6.07) is 13.1. The van der Waals surface area contributed by atoms with E-state index >= 15 is 0 Å². The summed E-state index contributed by atoms with van der Waals surface area (Å²) in [5, 5.41) is 12.3. The fourth-order valence-electron chi connectivity index (χ4n) is 3.07. The maximum Gasteiger partial charge on any atom is 0.304 e. The molecule has 0 saturated carbocycles. The molecule has 8 heteroatoms. The van der Waals surface area contributed by atoms with Crippen LogP contribution in [-0.4, -0.2) is 46.8 Å². The van der Waals surface area contributed by atoms with E-state index in [1.165, 1.54) is 12.1 Å². The first kappa shape index (κ1) is 19.6. The SMILES string of the molecule is O=C(O)CC(CNC(=O)CN1C(=O)c2ccccc2C1=O)c1ccc(Cl)cc1. The van der Waals surface area contributed by atoms with Crippen LogP contribution in [0.1, 0.15) is 38.6 Å². The van der Waals surface area contributed by atoms with E-state index in [0.29, 0.717) is 10.6 Å². The van der Waals surface area contributed by atoms with Crippen LogP contribution in [0.5, 0.6) is 0 Å². The van der Waals surface area contributed by atoms with Gasteiger partial charge >= 0.3 is 5.97 Å². The molecule has 3 amide bonds. The molecular weight excluding hydrogens is 384 g/mol. The lowest BCUT2D eigenvalue weighted by molar-refractivity contribution is -0.137. The van der Waals surface area contributed by atoms with Crippen molar-refractivity contribution in [3.8, 4) is 0 Å². The highest BCUT2D eigenvalue weighted by Gasteiger charge is 2.36. The van der Waals surface area contributed by atoms with Gasteiger partial charge in [0.1, 0.15) is 6.54 Å². The van der Waals surface area contributed by atoms with Crippen LogP contribution in [0.15, 0.2) is 48.5 Å². The predicted molar refractivity (Wildman–Crippen MR) is 101 cm³/mol. The van der Waals surface area contributed by atoms with Gasteiger partial charge in [-0.25, -0.2) is 0 Å². The average molecular weight is 401 g/mol. The molecular formula is C20H17ClN2O5. The van der Waals surface area contributed by atoms with E-state index in [2.05, 4.69) is 5.32 Å². The third kappa shape index (κ3) is 4.20. The Morgan fingerprint density at radius 1 is 1.00 bits per heavy atom. The van der Waals surface area contributed by atoms with Gasteiger partial charge in [-0.2, -0.15) is 0 Å². The quantitative estimate of drug-likeness (QED) is 0.694. The Morgan fingerprint density at radius 3 is 2.11 bits per heavy atom. The number of carbonyl (C=O) groups excluding carboxylic acids is 3. The Hall–Kier alpha value is -3.19. The number of nitrogens with zero attached hydrogens (tertiary/aromatic N) is 1. The highest BCUT2D eigenvalue weighted by Crippen LogP contribution is 2.23. The van der Waals surface area contributed by atoms with Gasteiger partial charge in [-0.1, -0.05) is 35.9 Å². The van der Waals surface area contributed by atoms with Crippen molar-refractivity contribution in [2.24, 2.45) is 0 Å². The zero-order chi connectivity index (χ0) is 20.3. The molecule has 2 N–H and O–H groups in total. The average Bonchev–Trinajstić information content (AvgIpc) is 2.91. The molecule has 1 aliphatic heterocycles. The number of carboxylic acids is 1. The summed E-state index contributed by atoms with van der Waals surface area (Å²) in [6.07, 6.45) is -0.186. The second-order valence-corrected chi connectivity index (χ2v) is 6.83. The fourth-order valence-corrected chi connectivity index (χ4v) is 3.20. The summed E-state index contributed by atoms with van der Waals surface area (Å²) in [7, 11) is 0. The number of aliphatic carboxylic acids is 1. The zero-order valence-electron chi connectivity index (χ0n) is 14.7. The molecule has 2 aromatic carbocycles. The van der Waals surface area contributed by atoms with Crippen molar-refractivity contribution in [1.82, 2.24) is 10.2 Å². The van der Waals surface area contributed by atoms with Gasteiger partial charge in [0.05, 0.1) is 17.5 Å². The highest BCUT2D eigenvalue weighted by molar-refractivity contribution is 6.30. The normalized spacial score (nSPS) is 14.0. The first-order chi connectivity index (χ1) is 13.4. The van der Waals surface area contributed by atoms with Crippen molar-refractivity contribution in [1.29, 1.82) is 0 Å². The largest absolute Gasteiger partial charge is 0.481 e. The highest BCUT2D eigenvalue weighted by atomic mass is 35.5. The van der Waals surface area contributed by atoms with Crippen molar-refractivity contribution in [3.63, 3.8) is 0 Å². The Bertz CT molecular complexity index is 907. The van der Waals surface area contributed by atoms with E-state index in [4.69, 9.17) is 16.7 Å². The van der Waals surface area contributed by atoms with Gasteiger partial charge in [0.25, 0.3) is 11.8 Å². The molecule has 0 aliphatic carbocycles. The first-order valence-corrected chi connectivity index (χ1v) is 8.94. The number of halogens is 1. The summed E-state index contributed by atoms with van der Waals surface area (Å²) >= 11 is 5.85. The number of amides is 3. The Labute approximate surface area is 165 Å². The van der Waals surface area contributed by atoms with E-state index < -0.39 is 36.2 Å². The number of carbonyl (C=O) groups is 4. The molecule has 3 rings (SSSR count). The summed E-state index contributed by atoms with van der Waals surface area (Å²) < 4.78 is 0. The van der Waals surface area contributed by atoms with Crippen LogP contribution in [0.25, 0.3) is 0 Å². The van der Waals surface area contributed by atoms with Crippen molar-refractivity contribution in [3.05, 3.63) is 70.2 Å². The van der Waals surface area contributed by atoms with Gasteiger partial charge in [-0.15, -0.1) is 0 Å². The third-order valence-electron chi connectivity index (χ3n) is 4.49. The van der Waals surface area contributed by atoms with Gasteiger partial charge in [0.15, 0.2) is 0 Å². The molecule has 1 aliphatic rings. The van der Waals surface area contributed by atoms with Crippen LogP contribution in [0.3, 0.4) is 0 Å². The topological polar surface area (TPSA) is 104 Å². The summed E-state index contributed by atoms with van der Waals surface area (Å²) in [6.45, 7) is -0.372. The van der Waals surface area contributed by atoms with Crippen molar-refractivity contribution < 1.29 is 24.3 Å². The number of imide groups is 1. The summed E-state index contributed by atoms with van der Waals surface area (Å²) in [4.78, 5) is 49.0. The molecule has 0 fully saturated rings. The first-order valence-electron chi connectivity index (χ1n) is 8.56. The third-order valence-corrected chi connectivity index (χ3v) is 4.74. The van der Waals surface area contributed by atoms with E-state index in [9.17, 15) is 19.2 Å². The zero-order valence-corrected chi connectivity index (χ0v) is 15.5. The van der Waals surface area contributed by atoms with E-state index in [1.807, 2.05) is 0 Å². The van der Waals surface area contributed by atoms with Gasteiger partial charge in [0, 0.05) is 17.5 Å². The van der Waals surface area contributed by atoms with E-state index in [1.54, 1.807) is 36.4 Å². The minimum atomic E-state index is -1.01. The van der Waals surface area contributed by atoms with Crippen LogP contribution in [0.2, 0.25) is 5.02 Å². The molecule has 7 nitrogen and oxygen atoms in total. The lowest BCUT2D eigenvalue weighted by atomic mass is 9.95. The lowest BCUT2D eigenvalue weighted by Crippen LogP contribution is -2.41. The predicted octanol–water partition coefficient (Wildman–Crippen LogP) is 2.31. The summed E-state index contributed by atoms with van der Waals surface area (Å²) in [5.74, 6) is -3.06.